The summed E-state index contributed by atoms with van der Waals surface area (Å²) in [6, 6.07) is 8.27. The van der Waals surface area contributed by atoms with E-state index in [1.165, 1.54) is 10.4 Å². The van der Waals surface area contributed by atoms with E-state index in [-0.39, 0.29) is 18.7 Å². The fourth-order valence-corrected chi connectivity index (χ4v) is 5.37. The van der Waals surface area contributed by atoms with Crippen LogP contribution in [0.1, 0.15) is 37.1 Å². The van der Waals surface area contributed by atoms with Gasteiger partial charge in [0.15, 0.2) is 11.5 Å². The van der Waals surface area contributed by atoms with Crippen molar-refractivity contribution in [3.63, 3.8) is 0 Å². The number of hydrogen-bond acceptors (Lipinski definition) is 9. The molecule has 0 radical (unpaired) electrons. The zero-order valence-corrected chi connectivity index (χ0v) is 20.5. The van der Waals surface area contributed by atoms with Gasteiger partial charge in [-0.15, -0.1) is 11.3 Å². The summed E-state index contributed by atoms with van der Waals surface area (Å²) >= 11 is 1.72. The van der Waals surface area contributed by atoms with Crippen LogP contribution in [0.15, 0.2) is 24.3 Å². The molecular weight excluding hydrogens is 452 g/mol. The molecule has 0 atom stereocenters. The predicted octanol–water partition coefficient (Wildman–Crippen LogP) is 4.42. The molecule has 2 aromatic heterocycles. The number of benzene rings is 1. The van der Waals surface area contributed by atoms with Crippen molar-refractivity contribution in [2.45, 2.75) is 39.5 Å². The molecule has 0 spiro atoms. The highest BCUT2D eigenvalue weighted by atomic mass is 32.1. The number of ether oxygens (including phenoxy) is 3. The fraction of sp³-hybridized carbons (Fsp3) is 0.480. The molecule has 34 heavy (non-hydrogen) atoms. The van der Waals surface area contributed by atoms with Crippen molar-refractivity contribution in [1.29, 1.82) is 0 Å². The number of rotatable bonds is 8. The summed E-state index contributed by atoms with van der Waals surface area (Å²) < 4.78 is 16.1. The van der Waals surface area contributed by atoms with Gasteiger partial charge in [0.05, 0.1) is 17.9 Å². The smallest absolute Gasteiger partial charge is 0.309 e. The first kappa shape index (κ1) is 22.7. The van der Waals surface area contributed by atoms with E-state index in [0.29, 0.717) is 6.61 Å². The molecule has 1 saturated heterocycles. The number of fused-ring (bicyclic) bond motifs is 2. The Kier molecular flexibility index (Phi) is 6.71. The molecule has 0 bridgehead atoms. The number of hydrogen-bond donors (Lipinski definition) is 1. The molecule has 0 amide bonds. The predicted molar refractivity (Wildman–Crippen MR) is 133 cm³/mol. The molecular formula is C25H30N4O4S. The highest BCUT2D eigenvalue weighted by Crippen LogP contribution is 2.34. The van der Waals surface area contributed by atoms with Crippen molar-refractivity contribution in [2.24, 2.45) is 5.92 Å². The molecule has 8 nitrogen and oxygen atoms in total. The zero-order chi connectivity index (χ0) is 23.5. The van der Waals surface area contributed by atoms with Crippen LogP contribution in [-0.2, 0) is 22.4 Å². The standard InChI is InChI=1S/C25H30N4O4S/c1-3-18-14-19-22(26-10-7-16-5-6-20-21(13-16)33-15-32-20)27-25(28-23(19)34-18)29-11-8-17(9-12-29)24(30)31-4-2/h5-6,13-14,17H,3-4,7-12,15H2,1-2H3,(H,26,27,28). The lowest BCUT2D eigenvalue weighted by Gasteiger charge is -2.31. The second kappa shape index (κ2) is 10.0. The lowest BCUT2D eigenvalue weighted by molar-refractivity contribution is -0.148. The normalized spacial score (nSPS) is 15.6. The lowest BCUT2D eigenvalue weighted by Crippen LogP contribution is -2.38. The third kappa shape index (κ3) is 4.75. The monoisotopic (exact) mass is 482 g/mol. The van der Waals surface area contributed by atoms with Crippen LogP contribution in [0.25, 0.3) is 10.2 Å². The van der Waals surface area contributed by atoms with E-state index in [0.717, 1.165) is 78.8 Å². The van der Waals surface area contributed by atoms with E-state index in [1.54, 1.807) is 11.3 Å². The Morgan fingerprint density at radius 1 is 1.18 bits per heavy atom. The number of carbonyl (C=O) groups excluding carboxylic acids is 1. The number of piperidine rings is 1. The maximum absolute atomic E-state index is 12.1. The summed E-state index contributed by atoms with van der Waals surface area (Å²) in [4.78, 5) is 26.4. The average molecular weight is 483 g/mol. The minimum Gasteiger partial charge on any atom is -0.466 e. The van der Waals surface area contributed by atoms with Gasteiger partial charge in [-0.1, -0.05) is 13.0 Å². The third-order valence-corrected chi connectivity index (χ3v) is 7.49. The molecule has 9 heteroatoms. The number of carbonyl (C=O) groups is 1. The SMILES string of the molecule is CCOC(=O)C1CCN(c2nc(NCCc3ccc4c(c3)OCO4)c3cc(CC)sc3n2)CC1. The lowest BCUT2D eigenvalue weighted by atomic mass is 9.97. The molecule has 1 N–H and O–H groups in total. The maximum Gasteiger partial charge on any atom is 0.309 e. The molecule has 3 aromatic rings. The van der Waals surface area contributed by atoms with Crippen molar-refractivity contribution in [1.82, 2.24) is 9.97 Å². The fourth-order valence-electron chi connectivity index (χ4n) is 4.41. The van der Waals surface area contributed by atoms with E-state index in [9.17, 15) is 4.79 Å². The van der Waals surface area contributed by atoms with Crippen molar-refractivity contribution in [3.05, 3.63) is 34.7 Å². The Bertz CT molecular complexity index is 1170. The Morgan fingerprint density at radius 2 is 2.00 bits per heavy atom. The second-order valence-corrected chi connectivity index (χ2v) is 9.65. The summed E-state index contributed by atoms with van der Waals surface area (Å²) in [6.07, 6.45) is 3.33. The number of nitrogens with one attached hydrogen (secondary N) is 1. The van der Waals surface area contributed by atoms with Gasteiger partial charge >= 0.3 is 5.97 Å². The Labute approximate surface area is 203 Å². The molecule has 0 unspecified atom stereocenters. The minimum absolute atomic E-state index is 0.0346. The molecule has 5 rings (SSSR count). The Hall–Kier alpha value is -3.07. The van der Waals surface area contributed by atoms with Crippen molar-refractivity contribution >= 4 is 39.3 Å². The van der Waals surface area contributed by atoms with Crippen LogP contribution in [0, 0.1) is 5.92 Å². The van der Waals surface area contributed by atoms with Gasteiger partial charge in [-0.3, -0.25) is 4.79 Å². The summed E-state index contributed by atoms with van der Waals surface area (Å²) in [5.41, 5.74) is 1.18. The molecule has 180 valence electrons. The Balaban J connectivity index is 1.31. The summed E-state index contributed by atoms with van der Waals surface area (Å²) in [5.74, 6) is 3.08. The van der Waals surface area contributed by atoms with Crippen molar-refractivity contribution < 1.29 is 19.0 Å². The third-order valence-electron chi connectivity index (χ3n) is 6.32. The molecule has 1 aromatic carbocycles. The van der Waals surface area contributed by atoms with Gasteiger partial charge in [0, 0.05) is 24.5 Å². The van der Waals surface area contributed by atoms with Crippen LogP contribution >= 0.6 is 11.3 Å². The first-order valence-corrected chi connectivity index (χ1v) is 12.8. The first-order valence-electron chi connectivity index (χ1n) is 12.0. The first-order chi connectivity index (χ1) is 16.6. The second-order valence-electron chi connectivity index (χ2n) is 8.54. The topological polar surface area (TPSA) is 85.8 Å². The van der Waals surface area contributed by atoms with Gasteiger partial charge < -0.3 is 24.4 Å². The van der Waals surface area contributed by atoms with Gasteiger partial charge in [-0.05, 0) is 56.4 Å². The van der Waals surface area contributed by atoms with Crippen LogP contribution < -0.4 is 19.7 Å². The molecule has 4 heterocycles. The minimum atomic E-state index is -0.0877. The number of nitrogens with zero attached hydrogens (tertiary/aromatic N) is 3. The van der Waals surface area contributed by atoms with Crippen molar-refractivity contribution in [3.8, 4) is 11.5 Å². The highest BCUT2D eigenvalue weighted by Gasteiger charge is 2.28. The van der Waals surface area contributed by atoms with Crippen LogP contribution in [0.5, 0.6) is 11.5 Å². The van der Waals surface area contributed by atoms with Gasteiger partial charge in [0.25, 0.3) is 0 Å². The number of anilines is 2. The van der Waals surface area contributed by atoms with Crippen LogP contribution in [0.3, 0.4) is 0 Å². The van der Waals surface area contributed by atoms with E-state index in [1.807, 2.05) is 19.1 Å². The molecule has 0 aliphatic carbocycles. The van der Waals surface area contributed by atoms with Crippen molar-refractivity contribution in [2.75, 3.05) is 43.3 Å². The number of aryl methyl sites for hydroxylation is 1. The molecule has 2 aliphatic heterocycles. The Morgan fingerprint density at radius 3 is 2.79 bits per heavy atom. The number of aromatic nitrogens is 2. The molecule has 1 fully saturated rings. The molecule has 2 aliphatic rings. The largest absolute Gasteiger partial charge is 0.466 e. The summed E-state index contributed by atoms with van der Waals surface area (Å²) in [7, 11) is 0. The zero-order valence-electron chi connectivity index (χ0n) is 19.6. The average Bonchev–Trinajstić information content (AvgIpc) is 3.50. The van der Waals surface area contributed by atoms with Gasteiger partial charge in [-0.25, -0.2) is 4.98 Å². The van der Waals surface area contributed by atoms with Crippen LogP contribution in [0.2, 0.25) is 0 Å². The van der Waals surface area contributed by atoms with Gasteiger partial charge in [-0.2, -0.15) is 4.98 Å². The molecule has 0 saturated carbocycles. The number of thiophene rings is 1. The van der Waals surface area contributed by atoms with Crippen LogP contribution in [0.4, 0.5) is 11.8 Å². The summed E-state index contributed by atoms with van der Waals surface area (Å²) in [6.45, 7) is 6.96. The highest BCUT2D eigenvalue weighted by molar-refractivity contribution is 7.18. The van der Waals surface area contributed by atoms with E-state index >= 15 is 0 Å². The number of esters is 1. The quantitative estimate of drug-likeness (QED) is 0.473. The van der Waals surface area contributed by atoms with E-state index in [4.69, 9.17) is 24.2 Å². The van der Waals surface area contributed by atoms with Crippen LogP contribution in [-0.4, -0.2) is 49.0 Å². The van der Waals surface area contributed by atoms with E-state index < -0.39 is 0 Å². The maximum atomic E-state index is 12.1. The van der Waals surface area contributed by atoms with Gasteiger partial charge in [0.1, 0.15) is 10.6 Å². The van der Waals surface area contributed by atoms with E-state index in [2.05, 4.69) is 29.3 Å². The van der Waals surface area contributed by atoms with Gasteiger partial charge in [0.2, 0.25) is 12.7 Å². The summed E-state index contributed by atoms with van der Waals surface area (Å²) in [5, 5.41) is 4.61.